The quantitative estimate of drug-likeness (QED) is 0.699. The molecule has 2 fully saturated rings. The van der Waals surface area contributed by atoms with Crippen LogP contribution in [0, 0.1) is 0 Å². The molecule has 0 unspecified atom stereocenters. The lowest BCUT2D eigenvalue weighted by atomic mass is 10.1. The molecule has 94 valence electrons. The van der Waals surface area contributed by atoms with Crippen molar-refractivity contribution in [1.29, 1.82) is 0 Å². The number of piperazine rings is 1. The largest absolute Gasteiger partial charge is 0.378 e. The maximum Gasteiger partial charge on any atom is 0.0620 e. The first kappa shape index (κ1) is 12.3. The third-order valence-electron chi connectivity index (χ3n) is 3.71. The predicted octanol–water partition coefficient (Wildman–Crippen LogP) is 0.0455. The molecule has 0 saturated carbocycles. The van der Waals surface area contributed by atoms with E-state index in [0.29, 0.717) is 24.2 Å². The molecule has 0 aliphatic carbocycles. The van der Waals surface area contributed by atoms with Crippen molar-refractivity contribution in [3.05, 3.63) is 0 Å². The van der Waals surface area contributed by atoms with Crippen LogP contribution in [0.4, 0.5) is 0 Å². The lowest BCUT2D eigenvalue weighted by molar-refractivity contribution is -0.0410. The van der Waals surface area contributed by atoms with Gasteiger partial charge in [-0.15, -0.1) is 0 Å². The summed E-state index contributed by atoms with van der Waals surface area (Å²) >= 11 is 0. The molecule has 0 bridgehead atoms. The summed E-state index contributed by atoms with van der Waals surface area (Å²) in [7, 11) is 0. The minimum Gasteiger partial charge on any atom is -0.378 e. The van der Waals surface area contributed by atoms with Crippen molar-refractivity contribution in [3.8, 4) is 0 Å². The summed E-state index contributed by atoms with van der Waals surface area (Å²) in [4.78, 5) is 2.57. The van der Waals surface area contributed by atoms with Crippen molar-refractivity contribution in [3.63, 3.8) is 0 Å². The van der Waals surface area contributed by atoms with E-state index in [1.54, 1.807) is 0 Å². The van der Waals surface area contributed by atoms with E-state index in [-0.39, 0.29) is 0 Å². The summed E-state index contributed by atoms with van der Waals surface area (Å²) in [6.45, 7) is 11.8. The van der Waals surface area contributed by atoms with Crippen LogP contribution in [0.25, 0.3) is 0 Å². The molecule has 0 aromatic heterocycles. The Hall–Kier alpha value is -0.160. The fourth-order valence-corrected chi connectivity index (χ4v) is 2.61. The van der Waals surface area contributed by atoms with E-state index in [4.69, 9.17) is 4.74 Å². The predicted molar refractivity (Wildman–Crippen MR) is 65.7 cm³/mol. The van der Waals surface area contributed by atoms with Crippen LogP contribution in [0.3, 0.4) is 0 Å². The first-order chi connectivity index (χ1) is 7.66. The average Bonchev–Trinajstić information content (AvgIpc) is 2.26. The summed E-state index contributed by atoms with van der Waals surface area (Å²) in [5, 5.41) is 7.14. The van der Waals surface area contributed by atoms with Crippen LogP contribution < -0.4 is 10.6 Å². The number of rotatable bonds is 2. The minimum atomic E-state index is 0.546. The highest BCUT2D eigenvalue weighted by molar-refractivity contribution is 4.87. The van der Waals surface area contributed by atoms with Gasteiger partial charge in [0.15, 0.2) is 0 Å². The van der Waals surface area contributed by atoms with Gasteiger partial charge in [0.25, 0.3) is 0 Å². The van der Waals surface area contributed by atoms with E-state index in [1.807, 2.05) is 0 Å². The van der Waals surface area contributed by atoms with Gasteiger partial charge in [-0.3, -0.25) is 4.90 Å². The van der Waals surface area contributed by atoms with Crippen LogP contribution in [0.5, 0.6) is 0 Å². The molecular formula is C12H25N3O. The van der Waals surface area contributed by atoms with Crippen LogP contribution >= 0.6 is 0 Å². The van der Waals surface area contributed by atoms with Crippen molar-refractivity contribution in [1.82, 2.24) is 15.5 Å². The Labute approximate surface area is 98.7 Å². The number of nitrogens with one attached hydrogen (secondary N) is 2. The van der Waals surface area contributed by atoms with Crippen molar-refractivity contribution in [2.24, 2.45) is 0 Å². The minimum absolute atomic E-state index is 0.546. The normalized spacial score (nSPS) is 42.2. The van der Waals surface area contributed by atoms with Crippen LogP contribution in [-0.2, 0) is 4.74 Å². The number of hydrogen-bond acceptors (Lipinski definition) is 4. The molecule has 0 radical (unpaired) electrons. The molecule has 0 aromatic rings. The maximum atomic E-state index is 5.55. The van der Waals surface area contributed by atoms with Gasteiger partial charge < -0.3 is 15.4 Å². The average molecular weight is 227 g/mol. The van der Waals surface area contributed by atoms with Crippen LogP contribution in [0.2, 0.25) is 0 Å². The molecule has 4 heteroatoms. The van der Waals surface area contributed by atoms with Crippen LogP contribution in [0.1, 0.15) is 20.8 Å². The van der Waals surface area contributed by atoms with E-state index in [9.17, 15) is 0 Å². The summed E-state index contributed by atoms with van der Waals surface area (Å²) in [5.41, 5.74) is 0. The molecule has 0 aromatic carbocycles. The van der Waals surface area contributed by atoms with Crippen LogP contribution in [0.15, 0.2) is 0 Å². The smallest absolute Gasteiger partial charge is 0.0620 e. The molecular weight excluding hydrogens is 202 g/mol. The number of morpholine rings is 1. The molecule has 2 aliphatic heterocycles. The molecule has 2 saturated heterocycles. The molecule has 4 nitrogen and oxygen atoms in total. The summed E-state index contributed by atoms with van der Waals surface area (Å²) < 4.78 is 5.55. The van der Waals surface area contributed by atoms with Crippen LogP contribution in [-0.4, -0.2) is 61.9 Å². The molecule has 2 heterocycles. The van der Waals surface area contributed by atoms with Crippen molar-refractivity contribution < 1.29 is 4.74 Å². The Morgan fingerprint density at radius 1 is 1.06 bits per heavy atom. The lowest BCUT2D eigenvalue weighted by Crippen LogP contribution is -2.60. The molecule has 0 amide bonds. The van der Waals surface area contributed by atoms with E-state index in [2.05, 4.69) is 36.3 Å². The number of hydrogen-bond donors (Lipinski definition) is 2. The Morgan fingerprint density at radius 3 is 2.31 bits per heavy atom. The van der Waals surface area contributed by atoms with Crippen molar-refractivity contribution in [2.45, 2.75) is 44.9 Å². The SMILES string of the molecule is C[C@@H]1CN[C@@H](CN2[C@H](C)COC[C@H]2C)CN1. The van der Waals surface area contributed by atoms with Gasteiger partial charge in [0, 0.05) is 43.8 Å². The topological polar surface area (TPSA) is 36.5 Å². The fourth-order valence-electron chi connectivity index (χ4n) is 2.61. The highest BCUT2D eigenvalue weighted by Gasteiger charge is 2.28. The second kappa shape index (κ2) is 5.45. The highest BCUT2D eigenvalue weighted by Crippen LogP contribution is 2.13. The van der Waals surface area contributed by atoms with E-state index in [0.717, 1.165) is 32.8 Å². The van der Waals surface area contributed by atoms with Gasteiger partial charge in [-0.1, -0.05) is 0 Å². The van der Waals surface area contributed by atoms with Gasteiger partial charge in [-0.2, -0.15) is 0 Å². The second-order valence-corrected chi connectivity index (χ2v) is 5.35. The molecule has 0 spiro atoms. The molecule has 2 aliphatic rings. The van der Waals surface area contributed by atoms with Gasteiger partial charge in [-0.25, -0.2) is 0 Å². The van der Waals surface area contributed by atoms with Gasteiger partial charge in [-0.05, 0) is 20.8 Å². The first-order valence-corrected chi connectivity index (χ1v) is 6.47. The second-order valence-electron chi connectivity index (χ2n) is 5.35. The molecule has 16 heavy (non-hydrogen) atoms. The standard InChI is InChI=1S/C12H25N3O/c1-9-4-14-12(5-13-9)6-15-10(2)7-16-8-11(15)3/h9-14H,4-8H2,1-3H3/t9-,10-,11-,12-/m1/s1. The fraction of sp³-hybridized carbons (Fsp3) is 1.00. The Balaban J connectivity index is 1.83. The molecule has 2 N–H and O–H groups in total. The third kappa shape index (κ3) is 2.94. The lowest BCUT2D eigenvalue weighted by Gasteiger charge is -2.42. The monoisotopic (exact) mass is 227 g/mol. The Bertz CT molecular complexity index is 206. The Kier molecular flexibility index (Phi) is 4.19. The first-order valence-electron chi connectivity index (χ1n) is 6.47. The van der Waals surface area contributed by atoms with Gasteiger partial charge in [0.05, 0.1) is 13.2 Å². The van der Waals surface area contributed by atoms with Crippen molar-refractivity contribution in [2.75, 3.05) is 32.8 Å². The Morgan fingerprint density at radius 2 is 1.75 bits per heavy atom. The number of nitrogens with zero attached hydrogens (tertiary/aromatic N) is 1. The molecule has 4 atom stereocenters. The van der Waals surface area contributed by atoms with Gasteiger partial charge in [0.2, 0.25) is 0 Å². The summed E-state index contributed by atoms with van der Waals surface area (Å²) in [6.07, 6.45) is 0. The molecule has 2 rings (SSSR count). The third-order valence-corrected chi connectivity index (χ3v) is 3.71. The van der Waals surface area contributed by atoms with Gasteiger partial charge in [0.1, 0.15) is 0 Å². The summed E-state index contributed by atoms with van der Waals surface area (Å²) in [6, 6.07) is 2.28. The number of ether oxygens (including phenoxy) is 1. The zero-order valence-electron chi connectivity index (χ0n) is 10.7. The zero-order chi connectivity index (χ0) is 11.5. The van der Waals surface area contributed by atoms with E-state index < -0.39 is 0 Å². The van der Waals surface area contributed by atoms with E-state index >= 15 is 0 Å². The summed E-state index contributed by atoms with van der Waals surface area (Å²) in [5.74, 6) is 0. The maximum absolute atomic E-state index is 5.55. The van der Waals surface area contributed by atoms with Gasteiger partial charge >= 0.3 is 0 Å². The van der Waals surface area contributed by atoms with Crippen molar-refractivity contribution >= 4 is 0 Å². The highest BCUT2D eigenvalue weighted by atomic mass is 16.5. The zero-order valence-corrected chi connectivity index (χ0v) is 10.7. The van der Waals surface area contributed by atoms with E-state index in [1.165, 1.54) is 0 Å².